The Labute approximate surface area is 346 Å². The number of nitrogens with zero attached hydrogens (tertiary/aromatic N) is 4. The molecule has 60 heavy (non-hydrogen) atoms. The molecule has 4 atom stereocenters. The minimum Gasteiger partial charge on any atom is -0.267 e. The largest absolute Gasteiger partial charge is 0.274 e. The van der Waals surface area contributed by atoms with Crippen LogP contribution in [0.15, 0.2) is 213 Å². The van der Waals surface area contributed by atoms with Gasteiger partial charge in [-0.2, -0.15) is 0 Å². The van der Waals surface area contributed by atoms with E-state index in [0.717, 1.165) is 32.9 Å². The molecule has 0 bridgehead atoms. The van der Waals surface area contributed by atoms with E-state index in [9.17, 15) is 0 Å². The average molecular weight is 819 g/mol. The van der Waals surface area contributed by atoms with Crippen molar-refractivity contribution in [1.29, 1.82) is 0 Å². The first kappa shape index (κ1) is 36.4. The maximum absolute atomic E-state index is 15.0. The second kappa shape index (κ2) is 14.5. The first-order valence-corrected chi connectivity index (χ1v) is 22.9. The van der Waals surface area contributed by atoms with Gasteiger partial charge in [0.25, 0.3) is 22.2 Å². The van der Waals surface area contributed by atoms with Crippen LogP contribution in [0.1, 0.15) is 45.4 Å². The summed E-state index contributed by atoms with van der Waals surface area (Å²) in [5, 5.41) is 3.55. The topological polar surface area (TPSA) is 88.0 Å². The van der Waals surface area contributed by atoms with Gasteiger partial charge < -0.3 is 0 Å². The molecule has 11 rings (SSSR count). The number of hydrogen-bond donors (Lipinski definition) is 0. The second-order valence-corrected chi connectivity index (χ2v) is 19.7. The summed E-state index contributed by atoms with van der Waals surface area (Å²) in [6.07, 6.45) is 0. The van der Waals surface area contributed by atoms with E-state index in [2.05, 4.69) is 12.1 Å². The summed E-state index contributed by atoms with van der Waals surface area (Å²) in [6.45, 7) is 0. The van der Waals surface area contributed by atoms with E-state index in [1.807, 2.05) is 133 Å². The summed E-state index contributed by atoms with van der Waals surface area (Å²) in [6, 6.07) is 62.7. The van der Waals surface area contributed by atoms with Crippen molar-refractivity contribution < 1.29 is 0 Å². The molecule has 0 radical (unpaired) electrons. The molecule has 0 aliphatic carbocycles. The Bertz CT molecular complexity index is 2930. The van der Waals surface area contributed by atoms with E-state index in [-0.39, 0.29) is 22.2 Å². The zero-order chi connectivity index (χ0) is 40.5. The molecular formula is C50H36N4O4P2. The summed E-state index contributed by atoms with van der Waals surface area (Å²) < 4.78 is 6.90. The van der Waals surface area contributed by atoms with Gasteiger partial charge in [0.1, 0.15) is 23.1 Å². The standard InChI is InChI=1S/C50H36N4O4P2/c55-43-37-27-13-14-28-38(37)44(56)52-48(34-21-7-2-8-22-34)59(47(51(43)52)33-19-5-1-6-20-33)41-31-17-18-32-42(41)60-49(35-23-9-3-10-24-35)53-45(57)39-29-15-16-30-40(39)46(58)54(53)50(60)36-25-11-4-12-26-36/h1-32,47-50H/t47-,48-,49-,50-/m1/s1. The van der Waals surface area contributed by atoms with E-state index in [1.165, 1.54) is 0 Å². The molecule has 0 amide bonds. The van der Waals surface area contributed by atoms with Crippen LogP contribution in [0.2, 0.25) is 0 Å². The van der Waals surface area contributed by atoms with E-state index < -0.39 is 39.0 Å². The van der Waals surface area contributed by atoms with E-state index >= 15 is 19.2 Å². The number of fused-ring (bicyclic) bond motifs is 4. The summed E-state index contributed by atoms with van der Waals surface area (Å²) in [7, 11) is -3.02. The Morgan fingerprint density at radius 2 is 0.467 bits per heavy atom. The molecule has 290 valence electrons. The molecule has 9 aromatic rings. The molecule has 2 aliphatic rings. The fourth-order valence-electron chi connectivity index (χ4n) is 9.39. The Morgan fingerprint density at radius 1 is 0.267 bits per heavy atom. The highest BCUT2D eigenvalue weighted by atomic mass is 31.1. The van der Waals surface area contributed by atoms with Crippen LogP contribution >= 0.6 is 15.8 Å². The van der Waals surface area contributed by atoms with Gasteiger partial charge in [-0.25, -0.2) is 18.7 Å². The zero-order valence-corrected chi connectivity index (χ0v) is 33.9. The van der Waals surface area contributed by atoms with Gasteiger partial charge in [0.15, 0.2) is 0 Å². The van der Waals surface area contributed by atoms with Gasteiger partial charge in [-0.05, 0) is 73.0 Å². The lowest BCUT2D eigenvalue weighted by Crippen LogP contribution is -2.37. The summed E-state index contributed by atoms with van der Waals surface area (Å²) in [5.74, 6) is -2.13. The van der Waals surface area contributed by atoms with Crippen LogP contribution in [0, 0.1) is 0 Å². The van der Waals surface area contributed by atoms with Crippen molar-refractivity contribution in [1.82, 2.24) is 18.7 Å². The second-order valence-electron chi connectivity index (χ2n) is 15.1. The molecule has 0 saturated carbocycles. The van der Waals surface area contributed by atoms with Gasteiger partial charge in [0.2, 0.25) is 0 Å². The highest BCUT2D eigenvalue weighted by molar-refractivity contribution is 7.72. The van der Waals surface area contributed by atoms with Crippen molar-refractivity contribution in [2.24, 2.45) is 0 Å². The third-order valence-electron chi connectivity index (χ3n) is 11.9. The molecule has 10 heteroatoms. The number of rotatable bonds is 6. The molecule has 0 N–H and O–H groups in total. The molecule has 4 heterocycles. The van der Waals surface area contributed by atoms with Gasteiger partial charge >= 0.3 is 0 Å². The lowest BCUT2D eigenvalue weighted by atomic mass is 10.2. The van der Waals surface area contributed by atoms with Crippen LogP contribution in [0.4, 0.5) is 0 Å². The van der Waals surface area contributed by atoms with Crippen molar-refractivity contribution in [2.75, 3.05) is 0 Å². The van der Waals surface area contributed by atoms with Crippen LogP contribution in [-0.2, 0) is 0 Å². The predicted molar refractivity (Wildman–Crippen MR) is 243 cm³/mol. The van der Waals surface area contributed by atoms with E-state index in [1.54, 1.807) is 67.3 Å². The van der Waals surface area contributed by atoms with E-state index in [0.29, 0.717) is 21.5 Å². The predicted octanol–water partition coefficient (Wildman–Crippen LogP) is 8.47. The fourth-order valence-corrected chi connectivity index (χ4v) is 16.6. The van der Waals surface area contributed by atoms with Gasteiger partial charge in [0, 0.05) is 0 Å². The molecule has 0 unspecified atom stereocenters. The minimum atomic E-state index is -1.51. The maximum atomic E-state index is 15.0. The first-order chi connectivity index (χ1) is 29.5. The first-order valence-electron chi connectivity index (χ1n) is 19.9. The van der Waals surface area contributed by atoms with Crippen LogP contribution in [0.25, 0.3) is 21.5 Å². The number of aromatic nitrogens is 4. The summed E-state index contributed by atoms with van der Waals surface area (Å²) in [5.41, 5.74) is 2.77. The van der Waals surface area contributed by atoms with E-state index in [4.69, 9.17) is 0 Å². The molecule has 7 aromatic carbocycles. The quantitative estimate of drug-likeness (QED) is 0.158. The number of benzene rings is 7. The third kappa shape index (κ3) is 5.45. The van der Waals surface area contributed by atoms with Crippen LogP contribution < -0.4 is 32.8 Å². The normalized spacial score (nSPS) is 18.8. The minimum absolute atomic E-state index is 0.226. The highest BCUT2D eigenvalue weighted by Gasteiger charge is 2.50. The SMILES string of the molecule is O=c1c2ccccc2c(=O)n2n1[C@@H](c1ccccc1)P(c1ccccc1P1[C@H](c3ccccc3)n3c(=O)c4ccccc4c(=O)n3[C@H]1c1ccccc1)[C@@H]2c1ccccc1. The van der Waals surface area contributed by atoms with Crippen molar-refractivity contribution in [2.45, 2.75) is 23.1 Å². The summed E-state index contributed by atoms with van der Waals surface area (Å²) >= 11 is 0. The van der Waals surface area contributed by atoms with Crippen molar-refractivity contribution in [3.8, 4) is 0 Å². The molecule has 2 aromatic heterocycles. The molecule has 0 fully saturated rings. The molecule has 8 nitrogen and oxygen atoms in total. The van der Waals surface area contributed by atoms with Crippen molar-refractivity contribution in [3.63, 3.8) is 0 Å². The lowest BCUT2D eigenvalue weighted by molar-refractivity contribution is 0.494. The van der Waals surface area contributed by atoms with Gasteiger partial charge in [-0.1, -0.05) is 170 Å². The fraction of sp³-hybridized carbons (Fsp3) is 0.0800. The highest BCUT2D eigenvalue weighted by Crippen LogP contribution is 2.69. The smallest absolute Gasteiger partial charge is 0.267 e. The van der Waals surface area contributed by atoms with Crippen molar-refractivity contribution >= 4 is 48.0 Å². The lowest BCUT2D eigenvalue weighted by Gasteiger charge is -2.32. The molecule has 2 aliphatic heterocycles. The zero-order valence-electron chi connectivity index (χ0n) is 32.1. The number of hydrogen-bond acceptors (Lipinski definition) is 4. The monoisotopic (exact) mass is 818 g/mol. The molecule has 0 spiro atoms. The maximum Gasteiger partial charge on any atom is 0.274 e. The van der Waals surface area contributed by atoms with Crippen LogP contribution in [-0.4, -0.2) is 18.7 Å². The van der Waals surface area contributed by atoms with Gasteiger partial charge in [0.05, 0.1) is 21.5 Å². The Hall–Kier alpha value is -6.72. The van der Waals surface area contributed by atoms with Crippen molar-refractivity contribution in [3.05, 3.63) is 258 Å². The molecular weight excluding hydrogens is 783 g/mol. The Morgan fingerprint density at radius 3 is 0.700 bits per heavy atom. The molecule has 0 saturated heterocycles. The average Bonchev–Trinajstić information content (AvgIpc) is 3.87. The van der Waals surface area contributed by atoms with Crippen LogP contribution in [0.3, 0.4) is 0 Å². The van der Waals surface area contributed by atoms with Crippen LogP contribution in [0.5, 0.6) is 0 Å². The van der Waals surface area contributed by atoms with Gasteiger partial charge in [-0.15, -0.1) is 0 Å². The van der Waals surface area contributed by atoms with Gasteiger partial charge in [-0.3, -0.25) is 19.2 Å². The summed E-state index contributed by atoms with van der Waals surface area (Å²) in [4.78, 5) is 60.0. The Balaban J connectivity index is 1.26. The third-order valence-corrected chi connectivity index (χ3v) is 18.1. The Kier molecular flexibility index (Phi) is 8.81.